The van der Waals surface area contributed by atoms with Gasteiger partial charge in [0.2, 0.25) is 0 Å². The van der Waals surface area contributed by atoms with E-state index in [4.69, 9.17) is 14.2 Å². The Morgan fingerprint density at radius 2 is 1.89 bits per heavy atom. The number of esters is 1. The van der Waals surface area contributed by atoms with E-state index in [1.807, 2.05) is 32.0 Å². The molecule has 2 aromatic carbocycles. The van der Waals surface area contributed by atoms with Crippen LogP contribution in [0.15, 0.2) is 36.4 Å². The van der Waals surface area contributed by atoms with E-state index in [9.17, 15) is 14.7 Å². The fourth-order valence-corrected chi connectivity index (χ4v) is 2.38. The summed E-state index contributed by atoms with van der Waals surface area (Å²) in [5, 5.41) is 12.4. The van der Waals surface area contributed by atoms with Gasteiger partial charge in [-0.3, -0.25) is 4.79 Å². The van der Waals surface area contributed by atoms with Crippen LogP contribution in [-0.2, 0) is 9.53 Å². The number of benzene rings is 2. The molecule has 0 aliphatic rings. The Morgan fingerprint density at radius 1 is 1.11 bits per heavy atom. The molecule has 2 aromatic rings. The predicted octanol–water partition coefficient (Wildman–Crippen LogP) is 2.37. The van der Waals surface area contributed by atoms with Crippen molar-refractivity contribution in [2.24, 2.45) is 0 Å². The molecule has 0 aliphatic heterocycles. The zero-order valence-corrected chi connectivity index (χ0v) is 15.6. The number of ether oxygens (including phenoxy) is 3. The number of aromatic hydroxyl groups is 1. The number of aryl methyl sites for hydroxylation is 2. The van der Waals surface area contributed by atoms with E-state index < -0.39 is 18.5 Å². The largest absolute Gasteiger partial charge is 0.507 e. The van der Waals surface area contributed by atoms with Crippen LogP contribution in [0.5, 0.6) is 17.2 Å². The molecule has 2 rings (SSSR count). The van der Waals surface area contributed by atoms with E-state index in [1.54, 1.807) is 0 Å². The summed E-state index contributed by atoms with van der Waals surface area (Å²) in [4.78, 5) is 23.7. The van der Waals surface area contributed by atoms with Crippen molar-refractivity contribution >= 4 is 11.9 Å². The second-order valence-corrected chi connectivity index (χ2v) is 5.93. The molecule has 0 aromatic heterocycles. The average Bonchev–Trinajstić information content (AvgIpc) is 2.64. The molecule has 2 N–H and O–H groups in total. The van der Waals surface area contributed by atoms with Crippen LogP contribution in [0.3, 0.4) is 0 Å². The Morgan fingerprint density at radius 3 is 2.56 bits per heavy atom. The SMILES string of the molecule is COc1ccc(C(=O)OCC(=O)NCCOc2ccc(C)cc2C)c(O)c1. The summed E-state index contributed by atoms with van der Waals surface area (Å²) in [7, 11) is 1.45. The van der Waals surface area contributed by atoms with Crippen LogP contribution in [0, 0.1) is 13.8 Å². The van der Waals surface area contributed by atoms with Gasteiger partial charge < -0.3 is 24.6 Å². The molecule has 0 unspecified atom stereocenters. The summed E-state index contributed by atoms with van der Waals surface area (Å²) in [6.07, 6.45) is 0. The van der Waals surface area contributed by atoms with Crippen LogP contribution in [0.2, 0.25) is 0 Å². The minimum atomic E-state index is -0.795. The molecule has 0 saturated heterocycles. The summed E-state index contributed by atoms with van der Waals surface area (Å²) in [6.45, 7) is 4.08. The Labute approximate surface area is 157 Å². The zero-order chi connectivity index (χ0) is 19.8. The first-order valence-corrected chi connectivity index (χ1v) is 8.41. The topological polar surface area (TPSA) is 94.1 Å². The molecular formula is C20H23NO6. The van der Waals surface area contributed by atoms with Gasteiger partial charge in [0.15, 0.2) is 6.61 Å². The number of phenols is 1. The molecule has 7 nitrogen and oxygen atoms in total. The maximum atomic E-state index is 11.9. The normalized spacial score (nSPS) is 10.2. The van der Waals surface area contributed by atoms with E-state index in [2.05, 4.69) is 5.32 Å². The summed E-state index contributed by atoms with van der Waals surface area (Å²) in [5.74, 6) is -0.360. The van der Waals surface area contributed by atoms with Gasteiger partial charge >= 0.3 is 5.97 Å². The number of carbonyl (C=O) groups is 2. The van der Waals surface area contributed by atoms with Gasteiger partial charge in [-0.05, 0) is 37.6 Å². The standard InChI is InChI=1S/C20H23NO6/c1-13-4-7-18(14(2)10-13)26-9-8-21-19(23)12-27-20(24)16-6-5-15(25-3)11-17(16)22/h4-7,10-11,22H,8-9,12H2,1-3H3,(H,21,23). The van der Waals surface area contributed by atoms with Crippen LogP contribution in [-0.4, -0.2) is 43.9 Å². The highest BCUT2D eigenvalue weighted by atomic mass is 16.5. The minimum Gasteiger partial charge on any atom is -0.507 e. The Balaban J connectivity index is 1.72. The van der Waals surface area contributed by atoms with Gasteiger partial charge in [-0.1, -0.05) is 17.7 Å². The monoisotopic (exact) mass is 373 g/mol. The molecule has 0 spiro atoms. The lowest BCUT2D eigenvalue weighted by atomic mass is 10.1. The maximum Gasteiger partial charge on any atom is 0.342 e. The van der Waals surface area contributed by atoms with Crippen LogP contribution in [0.1, 0.15) is 21.5 Å². The van der Waals surface area contributed by atoms with Gasteiger partial charge in [0, 0.05) is 6.07 Å². The first-order chi connectivity index (χ1) is 12.9. The Kier molecular flexibility index (Phi) is 7.05. The number of hydrogen-bond donors (Lipinski definition) is 2. The summed E-state index contributed by atoms with van der Waals surface area (Å²) >= 11 is 0. The fourth-order valence-electron chi connectivity index (χ4n) is 2.38. The summed E-state index contributed by atoms with van der Waals surface area (Å²) in [6, 6.07) is 10.0. The number of amides is 1. The van der Waals surface area contributed by atoms with Gasteiger partial charge in [-0.25, -0.2) is 4.79 Å². The highest BCUT2D eigenvalue weighted by Gasteiger charge is 2.15. The molecule has 0 radical (unpaired) electrons. The number of methoxy groups -OCH3 is 1. The predicted molar refractivity (Wildman–Crippen MR) is 99.4 cm³/mol. The summed E-state index contributed by atoms with van der Waals surface area (Å²) < 4.78 is 15.4. The van der Waals surface area contributed by atoms with E-state index in [-0.39, 0.29) is 17.9 Å². The number of rotatable bonds is 8. The molecule has 0 fully saturated rings. The third kappa shape index (κ3) is 5.91. The van der Waals surface area contributed by atoms with E-state index in [1.165, 1.54) is 25.3 Å². The number of nitrogens with one attached hydrogen (secondary N) is 1. The maximum absolute atomic E-state index is 11.9. The van der Waals surface area contributed by atoms with E-state index in [0.29, 0.717) is 12.4 Å². The fraction of sp³-hybridized carbons (Fsp3) is 0.300. The molecular weight excluding hydrogens is 350 g/mol. The second kappa shape index (κ2) is 9.47. The van der Waals surface area contributed by atoms with Gasteiger partial charge in [0.05, 0.1) is 13.7 Å². The van der Waals surface area contributed by atoms with Gasteiger partial charge in [0.1, 0.15) is 29.4 Å². The van der Waals surface area contributed by atoms with Gasteiger partial charge in [0.25, 0.3) is 5.91 Å². The van der Waals surface area contributed by atoms with Crippen LogP contribution < -0.4 is 14.8 Å². The van der Waals surface area contributed by atoms with E-state index in [0.717, 1.165) is 16.9 Å². The molecule has 0 bridgehead atoms. The highest BCUT2D eigenvalue weighted by molar-refractivity contribution is 5.94. The Hall–Kier alpha value is -3.22. The van der Waals surface area contributed by atoms with Crippen molar-refractivity contribution in [3.05, 3.63) is 53.1 Å². The average molecular weight is 373 g/mol. The number of hydrogen-bond acceptors (Lipinski definition) is 6. The first kappa shape index (κ1) is 20.1. The third-order valence-corrected chi connectivity index (χ3v) is 3.77. The lowest BCUT2D eigenvalue weighted by molar-refractivity contribution is -0.124. The molecule has 27 heavy (non-hydrogen) atoms. The second-order valence-electron chi connectivity index (χ2n) is 5.93. The van der Waals surface area contributed by atoms with Crippen molar-refractivity contribution in [2.75, 3.05) is 26.9 Å². The van der Waals surface area contributed by atoms with Crippen molar-refractivity contribution < 1.29 is 28.9 Å². The van der Waals surface area contributed by atoms with Crippen molar-refractivity contribution in [3.63, 3.8) is 0 Å². The van der Waals surface area contributed by atoms with Gasteiger partial charge in [-0.2, -0.15) is 0 Å². The van der Waals surface area contributed by atoms with E-state index >= 15 is 0 Å². The number of carbonyl (C=O) groups excluding carboxylic acids is 2. The summed E-state index contributed by atoms with van der Waals surface area (Å²) in [5.41, 5.74) is 2.13. The van der Waals surface area contributed by atoms with Crippen molar-refractivity contribution in [3.8, 4) is 17.2 Å². The lowest BCUT2D eigenvalue weighted by Gasteiger charge is -2.11. The van der Waals surface area contributed by atoms with Gasteiger partial charge in [-0.15, -0.1) is 0 Å². The number of phenolic OH excluding ortho intramolecular Hbond substituents is 1. The van der Waals surface area contributed by atoms with Crippen molar-refractivity contribution in [1.29, 1.82) is 0 Å². The van der Waals surface area contributed by atoms with Crippen molar-refractivity contribution in [2.45, 2.75) is 13.8 Å². The molecule has 0 saturated carbocycles. The minimum absolute atomic E-state index is 0.0400. The molecule has 7 heteroatoms. The molecule has 0 aliphatic carbocycles. The lowest BCUT2D eigenvalue weighted by Crippen LogP contribution is -2.32. The zero-order valence-electron chi connectivity index (χ0n) is 15.6. The van der Waals surface area contributed by atoms with Crippen LogP contribution >= 0.6 is 0 Å². The smallest absolute Gasteiger partial charge is 0.342 e. The molecule has 0 heterocycles. The molecule has 0 atom stereocenters. The Bertz CT molecular complexity index is 818. The van der Waals surface area contributed by atoms with Crippen LogP contribution in [0.4, 0.5) is 0 Å². The molecule has 144 valence electrons. The highest BCUT2D eigenvalue weighted by Crippen LogP contribution is 2.24. The first-order valence-electron chi connectivity index (χ1n) is 8.41. The van der Waals surface area contributed by atoms with Crippen molar-refractivity contribution in [1.82, 2.24) is 5.32 Å². The molecule has 1 amide bonds. The van der Waals surface area contributed by atoms with Crippen LogP contribution in [0.25, 0.3) is 0 Å². The third-order valence-electron chi connectivity index (χ3n) is 3.77. The quantitative estimate of drug-likeness (QED) is 0.545.